The Labute approximate surface area is 125 Å². The summed E-state index contributed by atoms with van der Waals surface area (Å²) in [6, 6.07) is 11.4. The lowest BCUT2D eigenvalue weighted by molar-refractivity contribution is 0.905. The first-order chi connectivity index (χ1) is 10.3. The van der Waals surface area contributed by atoms with E-state index in [1.54, 1.807) is 0 Å². The van der Waals surface area contributed by atoms with Gasteiger partial charge >= 0.3 is 0 Å². The second-order valence-corrected chi connectivity index (χ2v) is 5.50. The lowest BCUT2D eigenvalue weighted by Gasteiger charge is -2.09. The van der Waals surface area contributed by atoms with E-state index in [2.05, 4.69) is 21.0 Å². The van der Waals surface area contributed by atoms with Crippen molar-refractivity contribution in [3.8, 4) is 0 Å². The molecule has 2 aromatic heterocycles. The summed E-state index contributed by atoms with van der Waals surface area (Å²) in [4.78, 5) is 22.9. The number of nitrogens with zero attached hydrogens (tertiary/aromatic N) is 2. The molecule has 106 valence electrons. The van der Waals surface area contributed by atoms with Crippen molar-refractivity contribution in [2.45, 2.75) is 16.6 Å². The monoisotopic (exact) mass is 298 g/mol. The third kappa shape index (κ3) is 3.12. The Morgan fingerprint density at radius 1 is 1.24 bits per heavy atom. The fourth-order valence-electron chi connectivity index (χ4n) is 2.06. The van der Waals surface area contributed by atoms with E-state index in [0.717, 1.165) is 27.9 Å². The maximum absolute atomic E-state index is 11.4. The van der Waals surface area contributed by atoms with Gasteiger partial charge in [-0.1, -0.05) is 18.2 Å². The highest BCUT2D eigenvalue weighted by Gasteiger charge is 2.09. The molecular formula is C15H14N4OS. The standard InChI is InChI=1S/C15H14N4OS/c16-7-5-11-9-10-3-1-2-4-12(10)18-14(11)21-15-17-8-6-13(20)19-15/h1-4,6,8-9H,5,7,16H2,(H,17,19,20). The molecule has 0 aliphatic carbocycles. The summed E-state index contributed by atoms with van der Waals surface area (Å²) in [5, 5.41) is 2.44. The average Bonchev–Trinajstić information content (AvgIpc) is 2.48. The van der Waals surface area contributed by atoms with Crippen molar-refractivity contribution in [2.24, 2.45) is 5.73 Å². The number of para-hydroxylation sites is 1. The van der Waals surface area contributed by atoms with E-state index in [1.165, 1.54) is 24.0 Å². The minimum Gasteiger partial charge on any atom is -0.330 e. The van der Waals surface area contributed by atoms with Crippen LogP contribution in [-0.4, -0.2) is 21.5 Å². The Bertz CT molecular complexity index is 831. The van der Waals surface area contributed by atoms with Gasteiger partial charge in [-0.05, 0) is 42.4 Å². The van der Waals surface area contributed by atoms with Gasteiger partial charge in [-0.3, -0.25) is 4.79 Å². The van der Waals surface area contributed by atoms with Crippen molar-refractivity contribution >= 4 is 22.7 Å². The number of H-pyrrole nitrogens is 1. The molecule has 0 spiro atoms. The van der Waals surface area contributed by atoms with Crippen molar-refractivity contribution in [3.63, 3.8) is 0 Å². The SMILES string of the molecule is NCCc1cc2ccccc2nc1Sc1nccc(=O)[nH]1. The molecule has 1 aromatic carbocycles. The molecule has 5 nitrogen and oxygen atoms in total. The first-order valence-electron chi connectivity index (χ1n) is 6.58. The number of hydrogen-bond donors (Lipinski definition) is 2. The van der Waals surface area contributed by atoms with Crippen LogP contribution in [-0.2, 0) is 6.42 Å². The summed E-state index contributed by atoms with van der Waals surface area (Å²) >= 11 is 1.35. The molecule has 2 heterocycles. The number of hydrogen-bond acceptors (Lipinski definition) is 5. The number of nitrogens with two attached hydrogens (primary N) is 1. The number of aromatic nitrogens is 3. The van der Waals surface area contributed by atoms with Gasteiger partial charge < -0.3 is 10.7 Å². The van der Waals surface area contributed by atoms with Crippen LogP contribution in [0.2, 0.25) is 0 Å². The normalized spacial score (nSPS) is 10.9. The van der Waals surface area contributed by atoms with Crippen LogP contribution in [0.25, 0.3) is 10.9 Å². The largest absolute Gasteiger partial charge is 0.330 e. The number of aromatic amines is 1. The number of fused-ring (bicyclic) bond motifs is 1. The average molecular weight is 298 g/mol. The molecule has 0 radical (unpaired) electrons. The van der Waals surface area contributed by atoms with E-state index < -0.39 is 0 Å². The number of rotatable bonds is 4. The summed E-state index contributed by atoms with van der Waals surface area (Å²) in [6.07, 6.45) is 2.22. The van der Waals surface area contributed by atoms with Crippen molar-refractivity contribution in [3.05, 3.63) is 58.5 Å². The minimum absolute atomic E-state index is 0.173. The Morgan fingerprint density at radius 3 is 2.90 bits per heavy atom. The second kappa shape index (κ2) is 6.07. The Balaban J connectivity index is 2.06. The van der Waals surface area contributed by atoms with Gasteiger partial charge in [0, 0.05) is 17.6 Å². The van der Waals surface area contributed by atoms with E-state index in [1.807, 2.05) is 24.3 Å². The van der Waals surface area contributed by atoms with Crippen LogP contribution in [0, 0.1) is 0 Å². The van der Waals surface area contributed by atoms with Gasteiger partial charge in [0.25, 0.3) is 5.56 Å². The van der Waals surface area contributed by atoms with Crippen LogP contribution >= 0.6 is 11.8 Å². The molecule has 3 rings (SSSR count). The van der Waals surface area contributed by atoms with E-state index in [-0.39, 0.29) is 5.56 Å². The molecule has 0 amide bonds. The maximum atomic E-state index is 11.4. The van der Waals surface area contributed by atoms with Gasteiger partial charge in [-0.15, -0.1) is 0 Å². The Morgan fingerprint density at radius 2 is 2.10 bits per heavy atom. The van der Waals surface area contributed by atoms with Crippen molar-refractivity contribution in [2.75, 3.05) is 6.54 Å². The summed E-state index contributed by atoms with van der Waals surface area (Å²) < 4.78 is 0. The summed E-state index contributed by atoms with van der Waals surface area (Å²) in [5.41, 5.74) is 7.49. The van der Waals surface area contributed by atoms with Gasteiger partial charge in [0.15, 0.2) is 5.16 Å². The van der Waals surface area contributed by atoms with Crippen molar-refractivity contribution in [1.29, 1.82) is 0 Å². The highest BCUT2D eigenvalue weighted by Crippen LogP contribution is 2.28. The fourth-order valence-corrected chi connectivity index (χ4v) is 2.94. The Hall–Kier alpha value is -2.18. The fraction of sp³-hybridized carbons (Fsp3) is 0.133. The van der Waals surface area contributed by atoms with E-state index >= 15 is 0 Å². The van der Waals surface area contributed by atoms with E-state index in [9.17, 15) is 4.79 Å². The topological polar surface area (TPSA) is 84.7 Å². The lowest BCUT2D eigenvalue weighted by atomic mass is 10.1. The molecule has 3 N–H and O–H groups in total. The molecule has 0 aliphatic rings. The van der Waals surface area contributed by atoms with Crippen molar-refractivity contribution < 1.29 is 0 Å². The zero-order chi connectivity index (χ0) is 14.7. The summed E-state index contributed by atoms with van der Waals surface area (Å²) in [6.45, 7) is 0.548. The van der Waals surface area contributed by atoms with Gasteiger partial charge in [0.1, 0.15) is 5.03 Å². The summed E-state index contributed by atoms with van der Waals surface area (Å²) in [5.74, 6) is 0. The predicted octanol–water partition coefficient (Wildman–Crippen LogP) is 1.97. The molecule has 0 unspecified atom stereocenters. The van der Waals surface area contributed by atoms with Crippen LogP contribution in [0.3, 0.4) is 0 Å². The first-order valence-corrected chi connectivity index (χ1v) is 7.40. The van der Waals surface area contributed by atoms with Gasteiger partial charge in [-0.2, -0.15) is 0 Å². The van der Waals surface area contributed by atoms with Crippen LogP contribution in [0.4, 0.5) is 0 Å². The lowest BCUT2D eigenvalue weighted by Crippen LogP contribution is -2.07. The molecular weight excluding hydrogens is 284 g/mol. The quantitative estimate of drug-likeness (QED) is 0.719. The molecule has 6 heteroatoms. The number of benzene rings is 1. The van der Waals surface area contributed by atoms with Crippen molar-refractivity contribution in [1.82, 2.24) is 15.0 Å². The minimum atomic E-state index is -0.173. The molecule has 0 bridgehead atoms. The number of pyridine rings is 1. The molecule has 0 aliphatic heterocycles. The molecule has 0 saturated carbocycles. The molecule has 0 saturated heterocycles. The van der Waals surface area contributed by atoms with Gasteiger partial charge in [0.05, 0.1) is 5.52 Å². The summed E-state index contributed by atoms with van der Waals surface area (Å²) in [7, 11) is 0. The zero-order valence-corrected chi connectivity index (χ0v) is 12.1. The second-order valence-electron chi connectivity index (χ2n) is 4.53. The zero-order valence-electron chi connectivity index (χ0n) is 11.2. The maximum Gasteiger partial charge on any atom is 0.251 e. The highest BCUT2D eigenvalue weighted by atomic mass is 32.2. The predicted molar refractivity (Wildman–Crippen MR) is 83.5 cm³/mol. The molecule has 3 aromatic rings. The smallest absolute Gasteiger partial charge is 0.251 e. The van der Waals surface area contributed by atoms with Crippen LogP contribution in [0.15, 0.2) is 57.6 Å². The molecule has 0 fully saturated rings. The van der Waals surface area contributed by atoms with E-state index in [4.69, 9.17) is 5.73 Å². The Kier molecular flexibility index (Phi) is 3.98. The third-order valence-electron chi connectivity index (χ3n) is 3.02. The third-order valence-corrected chi connectivity index (χ3v) is 3.97. The van der Waals surface area contributed by atoms with Crippen LogP contribution in [0.1, 0.15) is 5.56 Å². The molecule has 0 atom stereocenters. The first kappa shape index (κ1) is 13.8. The van der Waals surface area contributed by atoms with Gasteiger partial charge in [0.2, 0.25) is 0 Å². The van der Waals surface area contributed by atoms with Crippen LogP contribution in [0.5, 0.6) is 0 Å². The number of nitrogens with one attached hydrogen (secondary N) is 1. The highest BCUT2D eigenvalue weighted by molar-refractivity contribution is 7.99. The van der Waals surface area contributed by atoms with Crippen LogP contribution < -0.4 is 11.3 Å². The van der Waals surface area contributed by atoms with Gasteiger partial charge in [-0.25, -0.2) is 9.97 Å². The molecule has 21 heavy (non-hydrogen) atoms. The van der Waals surface area contributed by atoms with E-state index in [0.29, 0.717) is 11.7 Å².